The maximum absolute atomic E-state index is 10.8. The zero-order valence-corrected chi connectivity index (χ0v) is 9.36. The molecule has 0 bridgehead atoms. The molecule has 0 aromatic carbocycles. The molecule has 0 spiro atoms. The molecule has 3 heteroatoms. The van der Waals surface area contributed by atoms with Crippen LogP contribution in [0.5, 0.6) is 0 Å². The largest absolute Gasteiger partial charge is 0.480 e. The lowest BCUT2D eigenvalue weighted by molar-refractivity contribution is -0.143. The average Bonchev–Trinajstić information content (AvgIpc) is 2.16. The summed E-state index contributed by atoms with van der Waals surface area (Å²) >= 11 is 0. The molecular weight excluding hydrogens is 178 g/mol. The molecule has 0 radical (unpaired) electrons. The van der Waals surface area contributed by atoms with Gasteiger partial charge in [0.1, 0.15) is 6.04 Å². The van der Waals surface area contributed by atoms with Gasteiger partial charge in [-0.3, -0.25) is 9.69 Å². The molecule has 1 rings (SSSR count). The number of hydrogen-bond donors (Lipinski definition) is 1. The fourth-order valence-corrected chi connectivity index (χ4v) is 2.36. The third-order valence-corrected chi connectivity index (χ3v) is 3.56. The van der Waals surface area contributed by atoms with Crippen molar-refractivity contribution < 1.29 is 9.90 Å². The number of carboxylic acids is 1. The van der Waals surface area contributed by atoms with E-state index in [1.54, 1.807) is 6.92 Å². The van der Waals surface area contributed by atoms with E-state index in [-0.39, 0.29) is 6.04 Å². The zero-order valence-electron chi connectivity index (χ0n) is 9.36. The molecule has 14 heavy (non-hydrogen) atoms. The van der Waals surface area contributed by atoms with Crippen molar-refractivity contribution in [1.82, 2.24) is 4.90 Å². The quantitative estimate of drug-likeness (QED) is 0.755. The van der Waals surface area contributed by atoms with Gasteiger partial charge in [0.2, 0.25) is 0 Å². The number of aliphatic carboxylic acids is 1. The molecule has 1 saturated carbocycles. The van der Waals surface area contributed by atoms with Crippen LogP contribution in [-0.4, -0.2) is 35.1 Å². The molecule has 0 amide bonds. The van der Waals surface area contributed by atoms with Crippen molar-refractivity contribution >= 4 is 5.97 Å². The number of likely N-dealkylation sites (N-methyl/N-ethyl adjacent to an activating group) is 1. The molecule has 82 valence electrons. The molecule has 1 N–H and O–H groups in total. The van der Waals surface area contributed by atoms with Crippen molar-refractivity contribution in [1.29, 1.82) is 0 Å². The van der Waals surface area contributed by atoms with Gasteiger partial charge >= 0.3 is 5.97 Å². The topological polar surface area (TPSA) is 40.5 Å². The minimum absolute atomic E-state index is 0.361. The predicted octanol–water partition coefficient (Wildman–Crippen LogP) is 1.97. The maximum Gasteiger partial charge on any atom is 0.320 e. The monoisotopic (exact) mass is 199 g/mol. The van der Waals surface area contributed by atoms with Crippen molar-refractivity contribution in [2.75, 3.05) is 7.05 Å². The van der Waals surface area contributed by atoms with E-state index < -0.39 is 5.97 Å². The van der Waals surface area contributed by atoms with E-state index >= 15 is 0 Å². The summed E-state index contributed by atoms with van der Waals surface area (Å²) in [5.74, 6) is -0.0826. The second-order valence-corrected chi connectivity index (χ2v) is 4.51. The van der Waals surface area contributed by atoms with Crippen LogP contribution in [0.1, 0.15) is 39.5 Å². The second-order valence-electron chi connectivity index (χ2n) is 4.51. The van der Waals surface area contributed by atoms with Crippen molar-refractivity contribution in [2.45, 2.75) is 51.6 Å². The van der Waals surface area contributed by atoms with E-state index in [1.807, 2.05) is 11.9 Å². The SMILES string of the molecule is CC1CCCCC1N(C)C(C)C(=O)O. The molecule has 3 nitrogen and oxygen atoms in total. The van der Waals surface area contributed by atoms with Crippen LogP contribution in [0.2, 0.25) is 0 Å². The summed E-state index contributed by atoms with van der Waals surface area (Å²) in [7, 11) is 1.94. The first-order chi connectivity index (χ1) is 6.54. The number of carboxylic acid groups (broad SMARTS) is 1. The summed E-state index contributed by atoms with van der Waals surface area (Å²) in [4.78, 5) is 12.9. The van der Waals surface area contributed by atoms with Gasteiger partial charge in [-0.05, 0) is 32.7 Å². The second kappa shape index (κ2) is 4.78. The van der Waals surface area contributed by atoms with Crippen LogP contribution >= 0.6 is 0 Å². The first kappa shape index (κ1) is 11.5. The van der Waals surface area contributed by atoms with E-state index in [9.17, 15) is 4.79 Å². The Hall–Kier alpha value is -0.570. The molecule has 1 aliphatic rings. The van der Waals surface area contributed by atoms with Crippen LogP contribution in [-0.2, 0) is 4.79 Å². The number of rotatable bonds is 3. The van der Waals surface area contributed by atoms with E-state index in [1.165, 1.54) is 19.3 Å². The van der Waals surface area contributed by atoms with Crippen LogP contribution in [0.4, 0.5) is 0 Å². The number of hydrogen-bond acceptors (Lipinski definition) is 2. The fourth-order valence-electron chi connectivity index (χ4n) is 2.36. The van der Waals surface area contributed by atoms with Crippen LogP contribution in [0, 0.1) is 5.92 Å². The Morgan fingerprint density at radius 1 is 1.43 bits per heavy atom. The van der Waals surface area contributed by atoms with E-state index in [0.717, 1.165) is 6.42 Å². The standard InChI is InChI=1S/C11H21NO2/c1-8-6-4-5-7-10(8)12(3)9(2)11(13)14/h8-10H,4-7H2,1-3H3,(H,13,14). The Kier molecular flexibility index (Phi) is 3.93. The lowest BCUT2D eigenvalue weighted by atomic mass is 9.84. The van der Waals surface area contributed by atoms with Crippen molar-refractivity contribution in [3.05, 3.63) is 0 Å². The fraction of sp³-hybridized carbons (Fsp3) is 0.909. The summed E-state index contributed by atoms with van der Waals surface area (Å²) in [6, 6.07) is 0.0930. The maximum atomic E-state index is 10.8. The highest BCUT2D eigenvalue weighted by atomic mass is 16.4. The highest BCUT2D eigenvalue weighted by Crippen LogP contribution is 2.28. The zero-order chi connectivity index (χ0) is 10.7. The molecular formula is C11H21NO2. The molecule has 0 aromatic heterocycles. The van der Waals surface area contributed by atoms with Crippen molar-refractivity contribution in [3.8, 4) is 0 Å². The van der Waals surface area contributed by atoms with Gasteiger partial charge in [0.05, 0.1) is 0 Å². The van der Waals surface area contributed by atoms with Crippen molar-refractivity contribution in [2.24, 2.45) is 5.92 Å². The summed E-state index contributed by atoms with van der Waals surface area (Å²) in [5, 5.41) is 8.93. The van der Waals surface area contributed by atoms with E-state index in [2.05, 4.69) is 6.92 Å². The van der Waals surface area contributed by atoms with Gasteiger partial charge in [-0.25, -0.2) is 0 Å². The molecule has 0 saturated heterocycles. The van der Waals surface area contributed by atoms with Crippen LogP contribution < -0.4 is 0 Å². The van der Waals surface area contributed by atoms with Crippen LogP contribution in [0.3, 0.4) is 0 Å². The molecule has 0 aliphatic heterocycles. The third-order valence-electron chi connectivity index (χ3n) is 3.56. The molecule has 3 unspecified atom stereocenters. The summed E-state index contributed by atoms with van der Waals surface area (Å²) in [5.41, 5.74) is 0. The summed E-state index contributed by atoms with van der Waals surface area (Å²) in [6.45, 7) is 4.00. The van der Waals surface area contributed by atoms with Crippen LogP contribution in [0.25, 0.3) is 0 Å². The highest BCUT2D eigenvalue weighted by molar-refractivity contribution is 5.72. The lowest BCUT2D eigenvalue weighted by Crippen LogP contribution is -2.47. The molecule has 0 aromatic rings. The van der Waals surface area contributed by atoms with Gasteiger partial charge in [-0.15, -0.1) is 0 Å². The molecule has 1 aliphatic carbocycles. The first-order valence-corrected chi connectivity index (χ1v) is 5.48. The van der Waals surface area contributed by atoms with Crippen LogP contribution in [0.15, 0.2) is 0 Å². The minimum Gasteiger partial charge on any atom is -0.480 e. The van der Waals surface area contributed by atoms with E-state index in [4.69, 9.17) is 5.11 Å². The third kappa shape index (κ3) is 2.47. The Morgan fingerprint density at radius 2 is 2.00 bits per heavy atom. The summed E-state index contributed by atoms with van der Waals surface area (Å²) in [6.07, 6.45) is 4.93. The van der Waals surface area contributed by atoms with Gasteiger partial charge in [0.15, 0.2) is 0 Å². The molecule has 1 fully saturated rings. The Morgan fingerprint density at radius 3 is 2.50 bits per heavy atom. The lowest BCUT2D eigenvalue weighted by Gasteiger charge is -2.38. The highest BCUT2D eigenvalue weighted by Gasteiger charge is 2.29. The smallest absolute Gasteiger partial charge is 0.320 e. The minimum atomic E-state index is -0.717. The van der Waals surface area contributed by atoms with E-state index in [0.29, 0.717) is 12.0 Å². The number of carbonyl (C=O) groups is 1. The number of nitrogens with zero attached hydrogens (tertiary/aromatic N) is 1. The Bertz CT molecular complexity index is 205. The first-order valence-electron chi connectivity index (χ1n) is 5.48. The Balaban J connectivity index is 2.57. The van der Waals surface area contributed by atoms with Gasteiger partial charge in [0, 0.05) is 6.04 Å². The normalized spacial score (nSPS) is 30.3. The van der Waals surface area contributed by atoms with Gasteiger partial charge in [-0.1, -0.05) is 19.8 Å². The van der Waals surface area contributed by atoms with Gasteiger partial charge in [-0.2, -0.15) is 0 Å². The van der Waals surface area contributed by atoms with Gasteiger partial charge in [0.25, 0.3) is 0 Å². The van der Waals surface area contributed by atoms with Crippen molar-refractivity contribution in [3.63, 3.8) is 0 Å². The van der Waals surface area contributed by atoms with Gasteiger partial charge < -0.3 is 5.11 Å². The Labute approximate surface area is 86.1 Å². The summed E-state index contributed by atoms with van der Waals surface area (Å²) < 4.78 is 0. The molecule has 0 heterocycles. The molecule has 3 atom stereocenters. The predicted molar refractivity (Wildman–Crippen MR) is 56.3 cm³/mol. The average molecular weight is 199 g/mol.